The van der Waals surface area contributed by atoms with Crippen molar-refractivity contribution in [3.63, 3.8) is 0 Å². The Bertz CT molecular complexity index is 159. The fourth-order valence-corrected chi connectivity index (χ4v) is 0.278. The van der Waals surface area contributed by atoms with Crippen molar-refractivity contribution in [3.8, 4) is 0 Å². The summed E-state index contributed by atoms with van der Waals surface area (Å²) >= 11 is 0. The van der Waals surface area contributed by atoms with Crippen LogP contribution in [0.2, 0.25) is 0 Å². The molecule has 1 N–H and O–H groups in total. The van der Waals surface area contributed by atoms with Gasteiger partial charge in [-0.05, 0) is 19.9 Å². The molecular formula is C6H9LiO2. The summed E-state index contributed by atoms with van der Waals surface area (Å²) in [5.74, 6) is -0.914. The van der Waals surface area contributed by atoms with E-state index in [2.05, 4.69) is 5.73 Å². The van der Waals surface area contributed by atoms with Crippen molar-refractivity contribution in [3.05, 3.63) is 17.4 Å². The Kier molecular flexibility index (Phi) is 7.24. The van der Waals surface area contributed by atoms with Crippen molar-refractivity contribution in [1.82, 2.24) is 0 Å². The van der Waals surface area contributed by atoms with Crippen LogP contribution in [-0.4, -0.2) is 11.1 Å². The van der Waals surface area contributed by atoms with Gasteiger partial charge in [0.05, 0.1) is 5.57 Å². The van der Waals surface area contributed by atoms with E-state index in [1.54, 1.807) is 13.0 Å². The van der Waals surface area contributed by atoms with Gasteiger partial charge < -0.3 is 6.53 Å². The van der Waals surface area contributed by atoms with Gasteiger partial charge in [0.1, 0.15) is 0 Å². The second-order valence-electron chi connectivity index (χ2n) is 1.36. The van der Waals surface area contributed by atoms with Crippen molar-refractivity contribution in [2.24, 2.45) is 0 Å². The van der Waals surface area contributed by atoms with Gasteiger partial charge in [0, 0.05) is 0 Å². The molecule has 0 fully saturated rings. The largest absolute Gasteiger partial charge is 1.00 e. The summed E-state index contributed by atoms with van der Waals surface area (Å²) in [6.07, 6.45) is 1.57. The molecular weight excluding hydrogens is 111 g/mol. The number of rotatable bonds is 1. The summed E-state index contributed by atoms with van der Waals surface area (Å²) in [6, 6.07) is 0. The molecule has 0 spiro atoms. The first-order chi connectivity index (χ1) is 3.68. The molecule has 0 saturated carbocycles. The van der Waals surface area contributed by atoms with Crippen LogP contribution < -0.4 is 18.9 Å². The van der Waals surface area contributed by atoms with Gasteiger partial charge in [0.25, 0.3) is 0 Å². The van der Waals surface area contributed by atoms with Crippen LogP contribution in [0.4, 0.5) is 0 Å². The van der Waals surface area contributed by atoms with Crippen LogP contribution in [0.5, 0.6) is 0 Å². The van der Waals surface area contributed by atoms with Crippen LogP contribution in [0, 0.1) is 0 Å². The van der Waals surface area contributed by atoms with Gasteiger partial charge in [-0.3, -0.25) is 0 Å². The van der Waals surface area contributed by atoms with E-state index in [0.29, 0.717) is 0 Å². The van der Waals surface area contributed by atoms with Gasteiger partial charge in [-0.15, -0.1) is 5.73 Å². The van der Waals surface area contributed by atoms with E-state index in [1.165, 1.54) is 6.92 Å². The van der Waals surface area contributed by atoms with Gasteiger partial charge >= 0.3 is 24.8 Å². The third kappa shape index (κ3) is 5.46. The van der Waals surface area contributed by atoms with Crippen molar-refractivity contribution in [2.75, 3.05) is 0 Å². The summed E-state index contributed by atoms with van der Waals surface area (Å²) in [6.45, 7) is 3.23. The predicted octanol–water partition coefficient (Wildman–Crippen LogP) is -1.69. The molecule has 0 aromatic heterocycles. The molecule has 0 rings (SSSR count). The molecule has 0 aliphatic rings. The minimum absolute atomic E-state index is 0. The van der Waals surface area contributed by atoms with Gasteiger partial charge in [0.15, 0.2) is 0 Å². The SMILES string of the molecule is CC=C=C(C)C(=O)O.[H-].[Li+]. The van der Waals surface area contributed by atoms with Crippen molar-refractivity contribution < 1.29 is 30.2 Å². The van der Waals surface area contributed by atoms with Crippen LogP contribution in [0.15, 0.2) is 17.4 Å². The Morgan fingerprint density at radius 3 is 2.33 bits per heavy atom. The van der Waals surface area contributed by atoms with Crippen LogP contribution in [0.25, 0.3) is 0 Å². The average Bonchev–Trinajstić information content (AvgIpc) is 1.67. The quantitative estimate of drug-likeness (QED) is 0.254. The zero-order chi connectivity index (χ0) is 6.57. The summed E-state index contributed by atoms with van der Waals surface area (Å²) in [5.41, 5.74) is 2.78. The molecule has 2 nitrogen and oxygen atoms in total. The Balaban J connectivity index is -0.000000245. The molecule has 0 aliphatic carbocycles. The maximum atomic E-state index is 9.97. The number of carboxylic acid groups (broad SMARTS) is 1. The molecule has 0 amide bonds. The molecule has 0 radical (unpaired) electrons. The molecule has 0 atom stereocenters. The van der Waals surface area contributed by atoms with E-state index in [9.17, 15) is 4.79 Å². The third-order valence-corrected chi connectivity index (χ3v) is 0.682. The van der Waals surface area contributed by atoms with E-state index < -0.39 is 5.97 Å². The zero-order valence-electron chi connectivity index (χ0n) is 6.93. The van der Waals surface area contributed by atoms with E-state index >= 15 is 0 Å². The molecule has 0 saturated heterocycles. The van der Waals surface area contributed by atoms with Gasteiger partial charge in [-0.1, -0.05) is 0 Å². The molecule has 0 aromatic rings. The molecule has 9 heavy (non-hydrogen) atoms. The number of hydrogen-bond donors (Lipinski definition) is 1. The Hall–Kier alpha value is -0.413. The van der Waals surface area contributed by atoms with E-state index in [4.69, 9.17) is 5.11 Å². The fourth-order valence-electron chi connectivity index (χ4n) is 0.278. The van der Waals surface area contributed by atoms with Crippen LogP contribution in [0.1, 0.15) is 15.3 Å². The fraction of sp³-hybridized carbons (Fsp3) is 0.333. The van der Waals surface area contributed by atoms with E-state index in [1.807, 2.05) is 0 Å². The van der Waals surface area contributed by atoms with Crippen LogP contribution >= 0.6 is 0 Å². The molecule has 0 aliphatic heterocycles. The molecule has 0 aromatic carbocycles. The zero-order valence-corrected chi connectivity index (χ0v) is 5.93. The summed E-state index contributed by atoms with van der Waals surface area (Å²) in [4.78, 5) is 9.97. The molecule has 0 heterocycles. The summed E-state index contributed by atoms with van der Waals surface area (Å²) < 4.78 is 0. The topological polar surface area (TPSA) is 37.3 Å². The van der Waals surface area contributed by atoms with Gasteiger partial charge in [-0.25, -0.2) is 4.79 Å². The standard InChI is InChI=1S/C6H8O2.Li.H/c1-3-4-5(2)6(7)8;;/h3H,1-2H3,(H,7,8);;/q;+1;-1. The normalized spacial score (nSPS) is 6.44. The average molecular weight is 120 g/mol. The van der Waals surface area contributed by atoms with E-state index in [0.717, 1.165) is 0 Å². The summed E-state index contributed by atoms with van der Waals surface area (Å²) in [7, 11) is 0. The minimum Gasteiger partial charge on any atom is -1.00 e. The summed E-state index contributed by atoms with van der Waals surface area (Å²) in [5, 5.41) is 8.19. The second-order valence-corrected chi connectivity index (χ2v) is 1.36. The number of carboxylic acids is 1. The smallest absolute Gasteiger partial charge is 1.00 e. The Labute approximate surface area is 67.9 Å². The maximum Gasteiger partial charge on any atom is 1.00 e. The van der Waals surface area contributed by atoms with Gasteiger partial charge in [-0.2, -0.15) is 0 Å². The third-order valence-electron chi connectivity index (χ3n) is 0.682. The second kappa shape index (κ2) is 5.72. The monoisotopic (exact) mass is 120 g/mol. The first-order valence-corrected chi connectivity index (χ1v) is 2.29. The Morgan fingerprint density at radius 2 is 2.22 bits per heavy atom. The van der Waals surface area contributed by atoms with Crippen molar-refractivity contribution >= 4 is 5.97 Å². The first-order valence-electron chi connectivity index (χ1n) is 2.29. The minimum atomic E-state index is -0.914. The molecule has 46 valence electrons. The van der Waals surface area contributed by atoms with Crippen LogP contribution in [0.3, 0.4) is 0 Å². The van der Waals surface area contributed by atoms with Gasteiger partial charge in [0.2, 0.25) is 0 Å². The molecule has 0 bridgehead atoms. The number of hydrogen-bond acceptors (Lipinski definition) is 1. The number of aliphatic carboxylic acids is 1. The maximum absolute atomic E-state index is 9.97. The van der Waals surface area contributed by atoms with Crippen molar-refractivity contribution in [2.45, 2.75) is 13.8 Å². The predicted molar refractivity (Wildman–Crippen MR) is 31.7 cm³/mol. The van der Waals surface area contributed by atoms with Crippen LogP contribution in [-0.2, 0) is 4.79 Å². The van der Waals surface area contributed by atoms with Crippen molar-refractivity contribution in [1.29, 1.82) is 0 Å². The molecule has 3 heteroatoms. The Morgan fingerprint density at radius 1 is 1.78 bits per heavy atom. The number of carbonyl (C=O) groups is 1. The molecule has 0 unspecified atom stereocenters. The van der Waals surface area contributed by atoms with E-state index in [-0.39, 0.29) is 25.9 Å². The first kappa shape index (κ1) is 11.4.